The first-order chi connectivity index (χ1) is 14.0. The number of rotatable bonds is 5. The Labute approximate surface area is 175 Å². The van der Waals surface area contributed by atoms with Crippen LogP contribution in [0.3, 0.4) is 0 Å². The minimum Gasteiger partial charge on any atom is -0.480 e. The number of pyridine rings is 1. The zero-order valence-electron chi connectivity index (χ0n) is 14.9. The lowest BCUT2D eigenvalue weighted by Gasteiger charge is -2.10. The summed E-state index contributed by atoms with van der Waals surface area (Å²) in [6.07, 6.45) is 6.89. The van der Waals surface area contributed by atoms with Gasteiger partial charge in [0.1, 0.15) is 16.6 Å². The summed E-state index contributed by atoms with van der Waals surface area (Å²) in [6, 6.07) is 13.3. The van der Waals surface area contributed by atoms with Gasteiger partial charge in [-0.1, -0.05) is 42.2 Å². The van der Waals surface area contributed by atoms with E-state index in [1.807, 2.05) is 48.7 Å². The molecule has 0 radical (unpaired) electrons. The number of benzene rings is 1. The molecule has 0 saturated carbocycles. The van der Waals surface area contributed by atoms with Gasteiger partial charge < -0.3 is 5.11 Å². The van der Waals surface area contributed by atoms with Crippen LogP contribution in [0.4, 0.5) is 0 Å². The fourth-order valence-corrected chi connectivity index (χ4v) is 4.09. The number of thiocarbonyl (C=S) groups is 1. The molecule has 0 spiro atoms. The van der Waals surface area contributed by atoms with Gasteiger partial charge in [0.2, 0.25) is 0 Å². The number of carboxylic acid groups (broad SMARTS) is 1. The summed E-state index contributed by atoms with van der Waals surface area (Å²) in [5, 5.41) is 13.7. The van der Waals surface area contributed by atoms with E-state index in [2.05, 4.69) is 10.1 Å². The van der Waals surface area contributed by atoms with Crippen molar-refractivity contribution in [2.45, 2.75) is 0 Å². The van der Waals surface area contributed by atoms with Crippen molar-refractivity contribution in [2.75, 3.05) is 6.54 Å². The second-order valence-electron chi connectivity index (χ2n) is 6.12. The molecular formula is C20H14N4O3S2. The highest BCUT2D eigenvalue weighted by Gasteiger charge is 2.33. The average molecular weight is 422 g/mol. The first-order valence-corrected chi connectivity index (χ1v) is 9.78. The standard InChI is InChI=1S/C20H14N4O3S2/c25-17(26)12-23-19(27)16(29-20(23)28)9-14-11-24(15-6-2-1-3-7-15)22-18(14)13-5-4-8-21-10-13/h1-11H,12H2,(H,25,26)/b16-9+. The molecule has 0 aliphatic carbocycles. The molecule has 7 nitrogen and oxygen atoms in total. The first-order valence-electron chi connectivity index (χ1n) is 8.55. The fraction of sp³-hybridized carbons (Fsp3) is 0.0500. The van der Waals surface area contributed by atoms with Crippen molar-refractivity contribution in [1.29, 1.82) is 0 Å². The molecule has 3 aromatic rings. The number of para-hydroxylation sites is 1. The summed E-state index contributed by atoms with van der Waals surface area (Å²) < 4.78 is 1.95. The Morgan fingerprint density at radius 3 is 2.69 bits per heavy atom. The molecule has 0 bridgehead atoms. The highest BCUT2D eigenvalue weighted by Crippen LogP contribution is 2.34. The minimum atomic E-state index is -1.12. The van der Waals surface area contributed by atoms with Gasteiger partial charge in [-0.2, -0.15) is 5.10 Å². The highest BCUT2D eigenvalue weighted by molar-refractivity contribution is 8.26. The fourth-order valence-electron chi connectivity index (χ4n) is 2.85. The third-order valence-electron chi connectivity index (χ3n) is 4.15. The predicted octanol–water partition coefficient (Wildman–Crippen LogP) is 3.22. The Kier molecular flexibility index (Phi) is 5.24. The molecule has 1 aliphatic heterocycles. The molecule has 1 amide bonds. The summed E-state index contributed by atoms with van der Waals surface area (Å²) in [5.74, 6) is -1.54. The first kappa shape index (κ1) is 19.0. The minimum absolute atomic E-state index is 0.224. The molecule has 4 rings (SSSR count). The quantitative estimate of drug-likeness (QED) is 0.499. The SMILES string of the molecule is O=C(O)CN1C(=O)/C(=C\c2cn(-c3ccccc3)nc2-c2cccnc2)SC1=S. The molecule has 1 saturated heterocycles. The number of aromatic nitrogens is 3. The van der Waals surface area contributed by atoms with Gasteiger partial charge in [-0.3, -0.25) is 19.5 Å². The van der Waals surface area contributed by atoms with E-state index in [0.717, 1.165) is 27.9 Å². The number of carbonyl (C=O) groups excluding carboxylic acids is 1. The third-order valence-corrected chi connectivity index (χ3v) is 5.53. The van der Waals surface area contributed by atoms with Crippen molar-refractivity contribution in [1.82, 2.24) is 19.7 Å². The zero-order valence-corrected chi connectivity index (χ0v) is 16.6. The smallest absolute Gasteiger partial charge is 0.323 e. The van der Waals surface area contributed by atoms with E-state index in [-0.39, 0.29) is 4.32 Å². The van der Waals surface area contributed by atoms with Gasteiger partial charge in [0.05, 0.1) is 10.6 Å². The second-order valence-corrected chi connectivity index (χ2v) is 7.79. The Hall–Kier alpha value is -3.30. The summed E-state index contributed by atoms with van der Waals surface area (Å²) in [5.41, 5.74) is 3.04. The number of amides is 1. The van der Waals surface area contributed by atoms with Crippen molar-refractivity contribution in [3.05, 3.63) is 71.5 Å². The Balaban J connectivity index is 1.78. The number of thioether (sulfide) groups is 1. The van der Waals surface area contributed by atoms with Crippen LogP contribution < -0.4 is 0 Å². The molecule has 1 fully saturated rings. The van der Waals surface area contributed by atoms with E-state index in [9.17, 15) is 9.59 Å². The zero-order chi connectivity index (χ0) is 20.4. The van der Waals surface area contributed by atoms with Gasteiger partial charge >= 0.3 is 5.97 Å². The molecule has 1 aliphatic rings. The van der Waals surface area contributed by atoms with Crippen LogP contribution in [0.5, 0.6) is 0 Å². The van der Waals surface area contributed by atoms with Crippen LogP contribution in [-0.2, 0) is 9.59 Å². The molecule has 29 heavy (non-hydrogen) atoms. The van der Waals surface area contributed by atoms with Gasteiger partial charge in [-0.05, 0) is 30.3 Å². The lowest BCUT2D eigenvalue weighted by Crippen LogP contribution is -2.33. The molecule has 2 aromatic heterocycles. The summed E-state index contributed by atoms with van der Waals surface area (Å²) in [7, 11) is 0. The van der Waals surface area contributed by atoms with Crippen LogP contribution in [0.25, 0.3) is 23.0 Å². The van der Waals surface area contributed by atoms with Crippen molar-refractivity contribution >= 4 is 46.3 Å². The van der Waals surface area contributed by atoms with E-state index < -0.39 is 18.4 Å². The summed E-state index contributed by atoms with van der Waals surface area (Å²) >= 11 is 6.25. The maximum atomic E-state index is 12.6. The van der Waals surface area contributed by atoms with Crippen LogP contribution >= 0.6 is 24.0 Å². The predicted molar refractivity (Wildman–Crippen MR) is 114 cm³/mol. The number of aliphatic carboxylic acids is 1. The molecule has 3 heterocycles. The Bertz CT molecular complexity index is 1130. The maximum Gasteiger partial charge on any atom is 0.323 e. The number of hydrogen-bond donors (Lipinski definition) is 1. The van der Waals surface area contributed by atoms with Crippen molar-refractivity contribution in [3.8, 4) is 16.9 Å². The number of hydrogen-bond acceptors (Lipinski definition) is 6. The molecule has 0 unspecified atom stereocenters. The molecule has 0 atom stereocenters. The number of carboxylic acids is 1. The van der Waals surface area contributed by atoms with Crippen LogP contribution in [-0.4, -0.2) is 47.5 Å². The van der Waals surface area contributed by atoms with Crippen LogP contribution in [0.15, 0.2) is 66.0 Å². The maximum absolute atomic E-state index is 12.6. The topological polar surface area (TPSA) is 88.3 Å². The van der Waals surface area contributed by atoms with Gasteiger partial charge in [0.25, 0.3) is 5.91 Å². The normalized spacial score (nSPS) is 15.3. The lowest BCUT2D eigenvalue weighted by atomic mass is 10.1. The van der Waals surface area contributed by atoms with Gasteiger partial charge in [0.15, 0.2) is 0 Å². The monoisotopic (exact) mass is 422 g/mol. The second kappa shape index (κ2) is 7.98. The van der Waals surface area contributed by atoms with Gasteiger partial charge in [0, 0.05) is 29.7 Å². The molecular weight excluding hydrogens is 408 g/mol. The van der Waals surface area contributed by atoms with E-state index in [4.69, 9.17) is 17.3 Å². The third kappa shape index (κ3) is 3.96. The van der Waals surface area contributed by atoms with E-state index in [1.165, 1.54) is 0 Å². The molecule has 9 heteroatoms. The summed E-state index contributed by atoms with van der Waals surface area (Å²) in [4.78, 5) is 29.2. The van der Waals surface area contributed by atoms with Crippen LogP contribution in [0.1, 0.15) is 5.56 Å². The summed E-state index contributed by atoms with van der Waals surface area (Å²) in [6.45, 7) is -0.458. The number of carbonyl (C=O) groups is 2. The van der Waals surface area contributed by atoms with Gasteiger partial charge in [-0.15, -0.1) is 0 Å². The average Bonchev–Trinajstić information content (AvgIpc) is 3.26. The highest BCUT2D eigenvalue weighted by atomic mass is 32.2. The van der Waals surface area contributed by atoms with Crippen LogP contribution in [0, 0.1) is 0 Å². The van der Waals surface area contributed by atoms with Crippen molar-refractivity contribution in [2.24, 2.45) is 0 Å². The lowest BCUT2D eigenvalue weighted by molar-refractivity contribution is -0.140. The van der Waals surface area contributed by atoms with Gasteiger partial charge in [-0.25, -0.2) is 4.68 Å². The largest absolute Gasteiger partial charge is 0.480 e. The molecule has 1 N–H and O–H groups in total. The van der Waals surface area contributed by atoms with Crippen molar-refractivity contribution in [3.63, 3.8) is 0 Å². The van der Waals surface area contributed by atoms with E-state index >= 15 is 0 Å². The Morgan fingerprint density at radius 2 is 2.00 bits per heavy atom. The number of nitrogens with zero attached hydrogens (tertiary/aromatic N) is 4. The molecule has 1 aromatic carbocycles. The van der Waals surface area contributed by atoms with E-state index in [0.29, 0.717) is 16.2 Å². The molecule has 144 valence electrons. The van der Waals surface area contributed by atoms with E-state index in [1.54, 1.807) is 23.2 Å². The van der Waals surface area contributed by atoms with Crippen LogP contribution in [0.2, 0.25) is 0 Å². The van der Waals surface area contributed by atoms with Crippen molar-refractivity contribution < 1.29 is 14.7 Å². The Morgan fingerprint density at radius 1 is 1.21 bits per heavy atom.